The minimum Gasteiger partial charge on any atom is -0.508 e. The SMILES string of the molecule is CCC(O)(/C=C/c1ccc(C(CC)(CC)c2ccc(O)c(C)c2)cc1C)CC.CCC(O)(/C=C/c1ccc(C(CC)(CC)c2ccc(OC[C@H]3CCC(=O)N3)c(C)c2)cc1C)CC. The van der Waals surface area contributed by atoms with Crippen molar-refractivity contribution in [3.8, 4) is 11.5 Å². The third-order valence-corrected chi connectivity index (χ3v) is 14.7. The summed E-state index contributed by atoms with van der Waals surface area (Å²) in [6.45, 7) is 25.9. The van der Waals surface area contributed by atoms with Gasteiger partial charge in [-0.05, 0) is 153 Å². The average Bonchev–Trinajstić information content (AvgIpc) is 3.72. The van der Waals surface area contributed by atoms with E-state index in [1.807, 2.05) is 52.8 Å². The molecule has 1 aliphatic heterocycles. The van der Waals surface area contributed by atoms with Crippen LogP contribution >= 0.6 is 0 Å². The Hall–Kier alpha value is -4.65. The van der Waals surface area contributed by atoms with Crippen LogP contribution in [0.4, 0.5) is 0 Å². The van der Waals surface area contributed by atoms with E-state index < -0.39 is 11.2 Å². The Kier molecular flexibility index (Phi) is 18.1. The van der Waals surface area contributed by atoms with Gasteiger partial charge in [0.05, 0.1) is 17.2 Å². The van der Waals surface area contributed by atoms with Crippen LogP contribution in [0.25, 0.3) is 12.2 Å². The first-order valence-electron chi connectivity index (χ1n) is 23.8. The maximum atomic E-state index is 11.5. The molecular formula is C57H79NO5. The van der Waals surface area contributed by atoms with Crippen molar-refractivity contribution in [2.24, 2.45) is 0 Å². The summed E-state index contributed by atoms with van der Waals surface area (Å²) < 4.78 is 6.07. The minimum atomic E-state index is -0.744. The number of hydrogen-bond donors (Lipinski definition) is 4. The van der Waals surface area contributed by atoms with Gasteiger partial charge in [-0.1, -0.05) is 140 Å². The Bertz CT molecular complexity index is 2180. The third kappa shape index (κ3) is 11.9. The summed E-state index contributed by atoms with van der Waals surface area (Å²) in [7, 11) is 0. The Balaban J connectivity index is 0.000000284. The van der Waals surface area contributed by atoms with E-state index in [2.05, 4.69) is 133 Å². The molecule has 1 fully saturated rings. The van der Waals surface area contributed by atoms with Gasteiger partial charge in [0.2, 0.25) is 5.91 Å². The molecule has 4 aromatic rings. The maximum absolute atomic E-state index is 11.5. The van der Waals surface area contributed by atoms with Crippen LogP contribution in [0.2, 0.25) is 0 Å². The zero-order valence-corrected chi connectivity index (χ0v) is 40.8. The highest BCUT2D eigenvalue weighted by atomic mass is 16.5. The quantitative estimate of drug-likeness (QED) is 0.0753. The van der Waals surface area contributed by atoms with Gasteiger partial charge in [0.15, 0.2) is 0 Å². The molecule has 0 aromatic heterocycles. The molecule has 4 aromatic carbocycles. The van der Waals surface area contributed by atoms with Crippen LogP contribution in [0.1, 0.15) is 175 Å². The van der Waals surface area contributed by atoms with E-state index in [-0.39, 0.29) is 22.8 Å². The van der Waals surface area contributed by atoms with Crippen LogP contribution in [0, 0.1) is 27.7 Å². The fourth-order valence-electron chi connectivity index (χ4n) is 9.30. The summed E-state index contributed by atoms with van der Waals surface area (Å²) in [4.78, 5) is 11.5. The van der Waals surface area contributed by atoms with Gasteiger partial charge < -0.3 is 25.4 Å². The van der Waals surface area contributed by atoms with Crippen molar-refractivity contribution in [3.05, 3.63) is 141 Å². The van der Waals surface area contributed by atoms with E-state index in [1.54, 1.807) is 0 Å². The van der Waals surface area contributed by atoms with Gasteiger partial charge in [0.1, 0.15) is 18.1 Å². The number of aromatic hydroxyl groups is 1. The Morgan fingerprint density at radius 3 is 1.32 bits per heavy atom. The van der Waals surface area contributed by atoms with Gasteiger partial charge in [0.25, 0.3) is 0 Å². The number of carbonyl (C=O) groups is 1. The van der Waals surface area contributed by atoms with E-state index >= 15 is 0 Å². The molecule has 4 N–H and O–H groups in total. The molecule has 1 atom stereocenters. The number of benzene rings is 4. The number of aliphatic hydroxyl groups is 2. The largest absolute Gasteiger partial charge is 0.508 e. The highest BCUT2D eigenvalue weighted by Crippen LogP contribution is 2.42. The first kappa shape index (κ1) is 51.0. The van der Waals surface area contributed by atoms with Crippen LogP contribution in [0.3, 0.4) is 0 Å². The molecule has 0 unspecified atom stereocenters. The van der Waals surface area contributed by atoms with Gasteiger partial charge in [-0.25, -0.2) is 0 Å². The molecule has 1 aliphatic rings. The van der Waals surface area contributed by atoms with E-state index in [4.69, 9.17) is 4.74 Å². The second-order valence-corrected chi connectivity index (χ2v) is 18.1. The van der Waals surface area contributed by atoms with Crippen molar-refractivity contribution in [2.75, 3.05) is 6.61 Å². The van der Waals surface area contributed by atoms with Gasteiger partial charge >= 0.3 is 0 Å². The summed E-state index contributed by atoms with van der Waals surface area (Å²) in [6, 6.07) is 26.1. The molecule has 1 amide bonds. The average molecular weight is 858 g/mol. The van der Waals surface area contributed by atoms with Crippen molar-refractivity contribution < 1.29 is 24.9 Å². The zero-order chi connectivity index (χ0) is 46.6. The van der Waals surface area contributed by atoms with Gasteiger partial charge in [0, 0.05) is 17.3 Å². The summed E-state index contributed by atoms with van der Waals surface area (Å²) in [5.74, 6) is 1.34. The van der Waals surface area contributed by atoms with E-state index in [0.29, 0.717) is 44.5 Å². The number of carbonyl (C=O) groups excluding carboxylic acids is 1. The maximum Gasteiger partial charge on any atom is 0.220 e. The molecule has 0 saturated carbocycles. The fourth-order valence-corrected chi connectivity index (χ4v) is 9.30. The monoisotopic (exact) mass is 858 g/mol. The van der Waals surface area contributed by atoms with E-state index in [9.17, 15) is 20.1 Å². The minimum absolute atomic E-state index is 0.0704. The molecule has 6 heteroatoms. The summed E-state index contributed by atoms with van der Waals surface area (Å²) >= 11 is 0. The summed E-state index contributed by atoms with van der Waals surface area (Å²) in [6.07, 6.45) is 16.3. The summed E-state index contributed by atoms with van der Waals surface area (Å²) in [5.41, 5.74) is 10.3. The number of phenolic OH excluding ortho intramolecular Hbond substituents is 1. The topological polar surface area (TPSA) is 99.0 Å². The van der Waals surface area contributed by atoms with Crippen molar-refractivity contribution in [1.82, 2.24) is 5.32 Å². The standard InChI is InChI=1S/C31H43NO3.C26H36O2/c1-7-30(34,8-2)18-17-24-11-12-25(19-22(24)5)31(9-3,10-4)26-13-15-28(23(6)20-26)35-21-27-14-16-29(33)32-27;1-7-25(28,8-2)16-15-21-11-12-22(17-19(21)5)26(9-3,10-4)23-13-14-24(27)20(6)18-23/h11-13,15,17-20,27,34H,7-10,14,16,21H2,1-6H3,(H,32,33);11-18,27-28H,7-10H2,1-6H3/b18-17+;16-15+/t27-;/m1./s1. The predicted molar refractivity (Wildman–Crippen MR) is 265 cm³/mol. The van der Waals surface area contributed by atoms with Crippen molar-refractivity contribution in [3.63, 3.8) is 0 Å². The highest BCUT2D eigenvalue weighted by Gasteiger charge is 2.33. The number of aryl methyl sites for hydroxylation is 4. The predicted octanol–water partition coefficient (Wildman–Crippen LogP) is 13.3. The number of rotatable bonds is 19. The number of nitrogens with one attached hydrogen (secondary N) is 1. The molecule has 5 rings (SSSR count). The van der Waals surface area contributed by atoms with Gasteiger partial charge in [-0.2, -0.15) is 0 Å². The van der Waals surface area contributed by atoms with Crippen LogP contribution in [-0.2, 0) is 15.6 Å². The van der Waals surface area contributed by atoms with E-state index in [0.717, 1.165) is 60.1 Å². The smallest absolute Gasteiger partial charge is 0.220 e. The van der Waals surface area contributed by atoms with Crippen molar-refractivity contribution in [2.45, 2.75) is 175 Å². The molecule has 0 aliphatic carbocycles. The number of hydrogen-bond acceptors (Lipinski definition) is 5. The molecule has 0 radical (unpaired) electrons. The molecule has 1 saturated heterocycles. The number of ether oxygens (including phenoxy) is 1. The molecule has 0 bridgehead atoms. The molecule has 6 nitrogen and oxygen atoms in total. The second-order valence-electron chi connectivity index (χ2n) is 18.1. The van der Waals surface area contributed by atoms with Crippen LogP contribution in [-0.4, -0.2) is 45.1 Å². The van der Waals surface area contributed by atoms with Crippen LogP contribution < -0.4 is 10.1 Å². The summed E-state index contributed by atoms with van der Waals surface area (Å²) in [5, 5.41) is 34.1. The lowest BCUT2D eigenvalue weighted by molar-refractivity contribution is -0.119. The lowest BCUT2D eigenvalue weighted by Crippen LogP contribution is -2.31. The van der Waals surface area contributed by atoms with Crippen molar-refractivity contribution >= 4 is 18.1 Å². The van der Waals surface area contributed by atoms with Gasteiger partial charge in [-0.15, -0.1) is 0 Å². The molecule has 63 heavy (non-hydrogen) atoms. The lowest BCUT2D eigenvalue weighted by Gasteiger charge is -2.34. The second kappa shape index (κ2) is 22.3. The molecule has 342 valence electrons. The first-order valence-corrected chi connectivity index (χ1v) is 23.8. The Morgan fingerprint density at radius 2 is 0.968 bits per heavy atom. The third-order valence-electron chi connectivity index (χ3n) is 14.7. The molecule has 0 spiro atoms. The number of amides is 1. The first-order chi connectivity index (χ1) is 29.9. The highest BCUT2D eigenvalue weighted by molar-refractivity contribution is 5.78. The van der Waals surface area contributed by atoms with Crippen LogP contribution in [0.5, 0.6) is 11.5 Å². The molecule has 1 heterocycles. The van der Waals surface area contributed by atoms with Crippen LogP contribution in [0.15, 0.2) is 84.9 Å². The fraction of sp³-hybridized carbons (Fsp3) is 0.491. The molecular weight excluding hydrogens is 779 g/mol. The Morgan fingerprint density at radius 1 is 0.571 bits per heavy atom. The van der Waals surface area contributed by atoms with Gasteiger partial charge in [-0.3, -0.25) is 4.79 Å². The Labute approximate surface area is 380 Å². The van der Waals surface area contributed by atoms with Crippen molar-refractivity contribution in [1.29, 1.82) is 0 Å². The normalized spacial score (nSPS) is 14.9. The zero-order valence-electron chi connectivity index (χ0n) is 40.8. The van der Waals surface area contributed by atoms with E-state index in [1.165, 1.54) is 33.4 Å². The number of phenols is 1. The lowest BCUT2D eigenvalue weighted by atomic mass is 9.70.